The first-order chi connectivity index (χ1) is 10.5. The summed E-state index contributed by atoms with van der Waals surface area (Å²) in [7, 11) is 0. The van der Waals surface area contributed by atoms with Gasteiger partial charge in [-0.05, 0) is 19.1 Å². The number of hydrogen-bond donors (Lipinski definition) is 2. The molecule has 0 atom stereocenters. The van der Waals surface area contributed by atoms with Gasteiger partial charge in [0, 0.05) is 0 Å². The van der Waals surface area contributed by atoms with E-state index < -0.39 is 29.1 Å². The number of nitrogens with zero attached hydrogens (tertiary/aromatic N) is 3. The first kappa shape index (κ1) is 13.6. The lowest BCUT2D eigenvalue weighted by Gasteiger charge is -2.13. The fraction of sp³-hybridized carbons (Fsp3) is 0.0769. The third-order valence-corrected chi connectivity index (χ3v) is 3.00. The second-order valence-electron chi connectivity index (χ2n) is 4.48. The fourth-order valence-electron chi connectivity index (χ4n) is 2.00. The molecule has 1 saturated heterocycles. The largest absolute Gasteiger partial charge is 0.328 e. The van der Waals surface area contributed by atoms with Crippen molar-refractivity contribution in [3.05, 3.63) is 40.4 Å². The number of barbiturate groups is 1. The van der Waals surface area contributed by atoms with E-state index in [9.17, 15) is 19.2 Å². The van der Waals surface area contributed by atoms with E-state index >= 15 is 0 Å². The van der Waals surface area contributed by atoms with Crippen LogP contribution in [0.2, 0.25) is 0 Å². The van der Waals surface area contributed by atoms with Crippen molar-refractivity contribution in [1.29, 1.82) is 0 Å². The summed E-state index contributed by atoms with van der Waals surface area (Å²) in [5.74, 6) is -1.75. The molecule has 3 rings (SSSR count). The molecule has 1 aromatic carbocycles. The van der Waals surface area contributed by atoms with Crippen LogP contribution in [-0.4, -0.2) is 33.2 Å². The van der Waals surface area contributed by atoms with Gasteiger partial charge in [0.2, 0.25) is 5.71 Å². The maximum absolute atomic E-state index is 12.4. The van der Waals surface area contributed by atoms with Crippen molar-refractivity contribution in [2.75, 3.05) is 0 Å². The zero-order chi connectivity index (χ0) is 15.9. The fourth-order valence-corrected chi connectivity index (χ4v) is 2.00. The lowest BCUT2D eigenvalue weighted by atomic mass is 10.2. The number of carbonyl (C=O) groups excluding carboxylic acids is 3. The molecule has 0 saturated carbocycles. The predicted molar refractivity (Wildman–Crippen MR) is 75.3 cm³/mol. The predicted octanol–water partition coefficient (Wildman–Crippen LogP) is -0.725. The molecule has 2 N–H and O–H groups in total. The summed E-state index contributed by atoms with van der Waals surface area (Å²) in [5.41, 5.74) is -0.635. The normalized spacial score (nSPS) is 14.8. The number of imide groups is 2. The Morgan fingerprint density at radius 3 is 2.36 bits per heavy atom. The summed E-state index contributed by atoms with van der Waals surface area (Å²) in [5, 5.41) is 7.80. The average molecular weight is 299 g/mol. The van der Waals surface area contributed by atoms with Crippen LogP contribution in [0, 0.1) is 6.92 Å². The highest BCUT2D eigenvalue weighted by molar-refractivity contribution is 6.68. The number of amides is 4. The van der Waals surface area contributed by atoms with Crippen LogP contribution >= 0.6 is 0 Å². The molecule has 9 nitrogen and oxygen atoms in total. The van der Waals surface area contributed by atoms with Gasteiger partial charge in [0.1, 0.15) is 5.82 Å². The zero-order valence-electron chi connectivity index (χ0n) is 11.3. The molecule has 1 fully saturated rings. The highest BCUT2D eigenvalue weighted by Crippen LogP contribution is 2.07. The minimum absolute atomic E-state index is 0.203. The molecule has 0 spiro atoms. The third-order valence-electron chi connectivity index (χ3n) is 3.00. The van der Waals surface area contributed by atoms with E-state index in [-0.39, 0.29) is 5.82 Å². The molecular formula is C13H9N5O4. The van der Waals surface area contributed by atoms with Gasteiger partial charge in [-0.1, -0.05) is 12.1 Å². The number of aryl methyl sites for hydroxylation is 1. The first-order valence-corrected chi connectivity index (χ1v) is 6.21. The van der Waals surface area contributed by atoms with Crippen molar-refractivity contribution in [3.8, 4) is 0 Å². The molecule has 1 aliphatic heterocycles. The van der Waals surface area contributed by atoms with E-state index in [2.05, 4.69) is 10.1 Å². The van der Waals surface area contributed by atoms with E-state index in [0.29, 0.717) is 10.9 Å². The van der Waals surface area contributed by atoms with Gasteiger partial charge in [-0.25, -0.2) is 9.78 Å². The summed E-state index contributed by atoms with van der Waals surface area (Å²) < 4.78 is 0.854. The molecule has 4 amide bonds. The number of carbonyl (C=O) groups is 3. The van der Waals surface area contributed by atoms with E-state index in [1.54, 1.807) is 24.3 Å². The number of nitrogens with one attached hydrogen (secondary N) is 2. The van der Waals surface area contributed by atoms with Crippen LogP contribution in [0.25, 0.3) is 10.9 Å². The minimum atomic E-state index is -0.979. The zero-order valence-corrected chi connectivity index (χ0v) is 11.3. The lowest BCUT2D eigenvalue weighted by Crippen LogP contribution is -2.56. The van der Waals surface area contributed by atoms with Crippen molar-refractivity contribution >= 4 is 34.5 Å². The van der Waals surface area contributed by atoms with E-state index in [1.807, 2.05) is 10.6 Å². The molecule has 2 aromatic rings. The highest BCUT2D eigenvalue weighted by Gasteiger charge is 2.30. The maximum atomic E-state index is 12.4. The summed E-state index contributed by atoms with van der Waals surface area (Å²) in [4.78, 5) is 50.9. The topological polar surface area (TPSA) is 123 Å². The van der Waals surface area contributed by atoms with E-state index in [0.717, 1.165) is 4.68 Å². The summed E-state index contributed by atoms with van der Waals surface area (Å²) in [6, 6.07) is 5.69. The van der Waals surface area contributed by atoms with Gasteiger partial charge in [0.15, 0.2) is 0 Å². The van der Waals surface area contributed by atoms with Crippen molar-refractivity contribution < 1.29 is 14.4 Å². The Kier molecular flexibility index (Phi) is 3.02. The standard InChI is InChI=1S/C13H9N5O4/c1-6-14-8-5-3-2-4-7(8)12(21)18(6)17-9-10(19)15-13(22)16-11(9)20/h2-5H,1H3,(H2,15,16,19,20,22). The van der Waals surface area contributed by atoms with Gasteiger partial charge in [-0.15, -0.1) is 0 Å². The number of para-hydroxylation sites is 1. The summed E-state index contributed by atoms with van der Waals surface area (Å²) in [6.45, 7) is 1.52. The summed E-state index contributed by atoms with van der Waals surface area (Å²) in [6.07, 6.45) is 0. The molecular weight excluding hydrogens is 290 g/mol. The van der Waals surface area contributed by atoms with Crippen molar-refractivity contribution in [3.63, 3.8) is 0 Å². The lowest BCUT2D eigenvalue weighted by molar-refractivity contribution is -0.119. The Hall–Kier alpha value is -3.36. The van der Waals surface area contributed by atoms with E-state index in [4.69, 9.17) is 0 Å². The number of hydrogen-bond acceptors (Lipinski definition) is 6. The molecule has 1 aromatic heterocycles. The average Bonchev–Trinajstić information content (AvgIpc) is 2.45. The molecule has 2 heterocycles. The van der Waals surface area contributed by atoms with Gasteiger partial charge in [-0.2, -0.15) is 9.78 Å². The molecule has 110 valence electrons. The highest BCUT2D eigenvalue weighted by atomic mass is 16.2. The Balaban J connectivity index is 2.21. The van der Waals surface area contributed by atoms with Gasteiger partial charge < -0.3 is 0 Å². The molecule has 1 aliphatic rings. The van der Waals surface area contributed by atoms with Crippen molar-refractivity contribution in [2.45, 2.75) is 6.92 Å². The maximum Gasteiger partial charge on any atom is 0.328 e. The van der Waals surface area contributed by atoms with Crippen LogP contribution in [0.4, 0.5) is 4.79 Å². The van der Waals surface area contributed by atoms with Crippen molar-refractivity contribution in [2.24, 2.45) is 5.10 Å². The van der Waals surface area contributed by atoms with Crippen LogP contribution in [0.1, 0.15) is 5.82 Å². The van der Waals surface area contributed by atoms with E-state index in [1.165, 1.54) is 6.92 Å². The van der Waals surface area contributed by atoms with Crippen LogP contribution in [-0.2, 0) is 9.59 Å². The Morgan fingerprint density at radius 2 is 1.68 bits per heavy atom. The number of aromatic nitrogens is 2. The minimum Gasteiger partial charge on any atom is -0.272 e. The van der Waals surface area contributed by atoms with Crippen LogP contribution in [0.15, 0.2) is 34.2 Å². The van der Waals surface area contributed by atoms with Gasteiger partial charge in [0.05, 0.1) is 10.9 Å². The molecule has 9 heteroatoms. The smallest absolute Gasteiger partial charge is 0.272 e. The number of fused-ring (bicyclic) bond motifs is 1. The number of benzene rings is 1. The quantitative estimate of drug-likeness (QED) is 0.719. The van der Waals surface area contributed by atoms with Crippen LogP contribution in [0.3, 0.4) is 0 Å². The summed E-state index contributed by atoms with van der Waals surface area (Å²) >= 11 is 0. The van der Waals surface area contributed by atoms with Crippen LogP contribution < -0.4 is 16.2 Å². The van der Waals surface area contributed by atoms with Gasteiger partial charge in [-0.3, -0.25) is 25.0 Å². The Morgan fingerprint density at radius 1 is 1.05 bits per heavy atom. The number of rotatable bonds is 1. The Labute approximate surface area is 122 Å². The second-order valence-corrected chi connectivity index (χ2v) is 4.48. The number of urea groups is 1. The third kappa shape index (κ3) is 2.14. The SMILES string of the molecule is Cc1nc2ccccc2c(=O)n1N=C1C(=O)NC(=O)NC1=O. The van der Waals surface area contributed by atoms with Gasteiger partial charge in [0.25, 0.3) is 17.4 Å². The van der Waals surface area contributed by atoms with Crippen molar-refractivity contribution in [1.82, 2.24) is 20.3 Å². The molecule has 22 heavy (non-hydrogen) atoms. The Bertz CT molecular complexity index is 906. The van der Waals surface area contributed by atoms with Gasteiger partial charge >= 0.3 is 6.03 Å². The second kappa shape index (κ2) is 4.88. The van der Waals surface area contributed by atoms with Crippen LogP contribution in [0.5, 0.6) is 0 Å². The molecule has 0 unspecified atom stereocenters. The molecule has 0 aliphatic carbocycles. The molecule has 0 radical (unpaired) electrons. The first-order valence-electron chi connectivity index (χ1n) is 6.21. The monoisotopic (exact) mass is 299 g/mol. The molecule has 0 bridgehead atoms.